The van der Waals surface area contributed by atoms with Gasteiger partial charge in [0.2, 0.25) is 5.89 Å². The van der Waals surface area contributed by atoms with Crippen LogP contribution in [0.3, 0.4) is 0 Å². The molecule has 0 aliphatic heterocycles. The highest BCUT2D eigenvalue weighted by Crippen LogP contribution is 2.27. The lowest BCUT2D eigenvalue weighted by Crippen LogP contribution is -2.19. The van der Waals surface area contributed by atoms with E-state index in [1.165, 1.54) is 0 Å². The summed E-state index contributed by atoms with van der Waals surface area (Å²) in [5, 5.41) is 0.604. The maximum absolute atomic E-state index is 11.8. The first-order valence-corrected chi connectivity index (χ1v) is 6.88. The highest BCUT2D eigenvalue weighted by Gasteiger charge is 2.10. The molecule has 0 spiro atoms. The standard InChI is InChI=1S/C16H13ClN2O2/c1-11-6-7-19(16(20)8-11)10-15-18-9-14(21-15)12-4-2-3-5-13(12)17/h2-9H,10H2,1H3. The van der Waals surface area contributed by atoms with Gasteiger partial charge in [-0.25, -0.2) is 4.98 Å². The number of nitrogens with zero attached hydrogens (tertiary/aromatic N) is 2. The third kappa shape index (κ3) is 2.90. The Kier molecular flexibility index (Phi) is 3.62. The van der Waals surface area contributed by atoms with Gasteiger partial charge in [0.1, 0.15) is 6.54 Å². The van der Waals surface area contributed by atoms with Gasteiger partial charge in [-0.3, -0.25) is 4.79 Å². The monoisotopic (exact) mass is 300 g/mol. The Balaban J connectivity index is 1.89. The van der Waals surface area contributed by atoms with E-state index in [-0.39, 0.29) is 5.56 Å². The highest BCUT2D eigenvalue weighted by atomic mass is 35.5. The van der Waals surface area contributed by atoms with Crippen molar-refractivity contribution in [1.29, 1.82) is 0 Å². The zero-order valence-electron chi connectivity index (χ0n) is 11.4. The molecular formula is C16H13ClN2O2. The summed E-state index contributed by atoms with van der Waals surface area (Å²) in [5.74, 6) is 1.06. The highest BCUT2D eigenvalue weighted by molar-refractivity contribution is 6.33. The number of aromatic nitrogens is 2. The van der Waals surface area contributed by atoms with Gasteiger partial charge in [0.15, 0.2) is 5.76 Å². The van der Waals surface area contributed by atoms with Gasteiger partial charge in [0, 0.05) is 17.8 Å². The van der Waals surface area contributed by atoms with Gasteiger partial charge in [-0.05, 0) is 30.7 Å². The van der Waals surface area contributed by atoms with Crippen LogP contribution in [0.15, 0.2) is 58.0 Å². The molecule has 2 heterocycles. The summed E-state index contributed by atoms with van der Waals surface area (Å²) in [5.41, 5.74) is 1.64. The van der Waals surface area contributed by atoms with Crippen molar-refractivity contribution in [3.8, 4) is 11.3 Å². The molecule has 0 radical (unpaired) electrons. The van der Waals surface area contributed by atoms with Gasteiger partial charge >= 0.3 is 0 Å². The minimum Gasteiger partial charge on any atom is -0.439 e. The molecule has 1 aromatic carbocycles. The van der Waals surface area contributed by atoms with Crippen LogP contribution in [0.5, 0.6) is 0 Å². The van der Waals surface area contributed by atoms with E-state index in [1.54, 1.807) is 29.1 Å². The van der Waals surface area contributed by atoms with E-state index >= 15 is 0 Å². The number of hydrogen-bond donors (Lipinski definition) is 0. The second kappa shape index (κ2) is 5.58. The smallest absolute Gasteiger partial charge is 0.251 e. The zero-order valence-corrected chi connectivity index (χ0v) is 12.2. The third-order valence-corrected chi connectivity index (χ3v) is 3.48. The molecule has 0 aliphatic rings. The van der Waals surface area contributed by atoms with Crippen LogP contribution in [0.4, 0.5) is 0 Å². The molecule has 21 heavy (non-hydrogen) atoms. The number of oxazole rings is 1. The lowest BCUT2D eigenvalue weighted by molar-refractivity contribution is 0.484. The second-order valence-electron chi connectivity index (χ2n) is 4.77. The van der Waals surface area contributed by atoms with Gasteiger partial charge in [0.05, 0.1) is 11.2 Å². The van der Waals surface area contributed by atoms with Crippen molar-refractivity contribution in [2.45, 2.75) is 13.5 Å². The summed E-state index contributed by atoms with van der Waals surface area (Å²) in [6.07, 6.45) is 3.35. The molecule has 2 aromatic heterocycles. The van der Waals surface area contributed by atoms with Gasteiger partial charge in [-0.2, -0.15) is 0 Å². The lowest BCUT2D eigenvalue weighted by atomic mass is 10.2. The molecule has 0 N–H and O–H groups in total. The third-order valence-electron chi connectivity index (χ3n) is 3.15. The van der Waals surface area contributed by atoms with Crippen LogP contribution >= 0.6 is 11.6 Å². The van der Waals surface area contributed by atoms with E-state index in [1.807, 2.05) is 31.2 Å². The number of hydrogen-bond acceptors (Lipinski definition) is 3. The summed E-state index contributed by atoms with van der Waals surface area (Å²) in [4.78, 5) is 16.1. The topological polar surface area (TPSA) is 48.0 Å². The average Bonchev–Trinajstić information content (AvgIpc) is 2.91. The second-order valence-corrected chi connectivity index (χ2v) is 5.18. The molecule has 0 aliphatic carbocycles. The molecule has 0 saturated carbocycles. The summed E-state index contributed by atoms with van der Waals surface area (Å²) < 4.78 is 7.24. The molecule has 3 rings (SSSR count). The van der Waals surface area contributed by atoms with Gasteiger partial charge < -0.3 is 8.98 Å². The van der Waals surface area contributed by atoms with Crippen LogP contribution in [0.25, 0.3) is 11.3 Å². The Morgan fingerprint density at radius 2 is 2.10 bits per heavy atom. The van der Waals surface area contributed by atoms with Crippen molar-refractivity contribution in [2.24, 2.45) is 0 Å². The number of aryl methyl sites for hydroxylation is 1. The van der Waals surface area contributed by atoms with E-state index in [2.05, 4.69) is 4.98 Å². The molecule has 0 unspecified atom stereocenters. The first-order valence-electron chi connectivity index (χ1n) is 6.50. The number of halogens is 1. The molecule has 106 valence electrons. The molecule has 0 atom stereocenters. The number of pyridine rings is 1. The lowest BCUT2D eigenvalue weighted by Gasteiger charge is -2.02. The SMILES string of the molecule is Cc1ccn(Cc2ncc(-c3ccccc3Cl)o2)c(=O)c1. The summed E-state index contributed by atoms with van der Waals surface area (Å²) in [6.45, 7) is 2.18. The fourth-order valence-electron chi connectivity index (χ4n) is 2.05. The zero-order chi connectivity index (χ0) is 14.8. The van der Waals surface area contributed by atoms with E-state index in [4.69, 9.17) is 16.0 Å². The predicted octanol–water partition coefficient (Wildman–Crippen LogP) is 3.51. The first-order chi connectivity index (χ1) is 10.1. The fourth-order valence-corrected chi connectivity index (χ4v) is 2.28. The molecule has 4 nitrogen and oxygen atoms in total. The Morgan fingerprint density at radius 3 is 2.86 bits per heavy atom. The summed E-state index contributed by atoms with van der Waals surface area (Å²) >= 11 is 6.13. The number of benzene rings is 1. The molecule has 0 bridgehead atoms. The number of rotatable bonds is 3. The van der Waals surface area contributed by atoms with Crippen molar-refractivity contribution in [2.75, 3.05) is 0 Å². The maximum Gasteiger partial charge on any atom is 0.251 e. The van der Waals surface area contributed by atoms with Crippen LogP contribution in [-0.4, -0.2) is 9.55 Å². The van der Waals surface area contributed by atoms with Crippen molar-refractivity contribution >= 4 is 11.6 Å². The molecule has 5 heteroatoms. The quantitative estimate of drug-likeness (QED) is 0.743. The van der Waals surface area contributed by atoms with Gasteiger partial charge in [0.25, 0.3) is 5.56 Å². The Morgan fingerprint density at radius 1 is 1.29 bits per heavy atom. The summed E-state index contributed by atoms with van der Waals surface area (Å²) in [7, 11) is 0. The van der Waals surface area contributed by atoms with Gasteiger partial charge in [-0.15, -0.1) is 0 Å². The van der Waals surface area contributed by atoms with Crippen LogP contribution in [0, 0.1) is 6.92 Å². The summed E-state index contributed by atoms with van der Waals surface area (Å²) in [6, 6.07) is 10.9. The average molecular weight is 301 g/mol. The van der Waals surface area contributed by atoms with E-state index in [0.717, 1.165) is 11.1 Å². The van der Waals surface area contributed by atoms with E-state index in [9.17, 15) is 4.79 Å². The van der Waals surface area contributed by atoms with Crippen LogP contribution in [0.2, 0.25) is 5.02 Å². The first kappa shape index (κ1) is 13.6. The Bertz CT molecular complexity index is 836. The van der Waals surface area contributed by atoms with E-state index < -0.39 is 0 Å². The van der Waals surface area contributed by atoms with Crippen molar-refractivity contribution in [3.05, 3.63) is 75.6 Å². The minimum absolute atomic E-state index is 0.0764. The molecule has 3 aromatic rings. The van der Waals surface area contributed by atoms with Crippen LogP contribution in [-0.2, 0) is 6.54 Å². The van der Waals surface area contributed by atoms with Crippen molar-refractivity contribution < 1.29 is 4.42 Å². The predicted molar refractivity (Wildman–Crippen MR) is 81.5 cm³/mol. The Labute approximate surface area is 126 Å². The molecular weight excluding hydrogens is 288 g/mol. The van der Waals surface area contributed by atoms with Crippen molar-refractivity contribution in [1.82, 2.24) is 9.55 Å². The fraction of sp³-hybridized carbons (Fsp3) is 0.125. The van der Waals surface area contributed by atoms with Crippen LogP contribution < -0.4 is 5.56 Å². The van der Waals surface area contributed by atoms with Crippen LogP contribution in [0.1, 0.15) is 11.5 Å². The molecule has 0 saturated heterocycles. The maximum atomic E-state index is 11.8. The molecule has 0 amide bonds. The normalized spacial score (nSPS) is 10.8. The van der Waals surface area contributed by atoms with Crippen molar-refractivity contribution in [3.63, 3.8) is 0 Å². The largest absolute Gasteiger partial charge is 0.439 e. The van der Waals surface area contributed by atoms with Gasteiger partial charge in [-0.1, -0.05) is 23.7 Å². The molecule has 0 fully saturated rings. The van der Waals surface area contributed by atoms with E-state index in [0.29, 0.717) is 23.2 Å². The Hall–Kier alpha value is -2.33. The minimum atomic E-state index is -0.0764.